The summed E-state index contributed by atoms with van der Waals surface area (Å²) in [6, 6.07) is 17.2. The number of fused-ring (bicyclic) bond motifs is 1. The molecule has 5 rings (SSSR count). The average Bonchev–Trinajstić information content (AvgIpc) is 3.51. The van der Waals surface area contributed by atoms with Crippen LogP contribution < -0.4 is 21.1 Å². The quantitative estimate of drug-likeness (QED) is 0.136. The summed E-state index contributed by atoms with van der Waals surface area (Å²) in [5.41, 5.74) is 7.37. The number of ether oxygens (including phenoxy) is 3. The summed E-state index contributed by atoms with van der Waals surface area (Å²) in [6.45, 7) is 8.96. The van der Waals surface area contributed by atoms with Crippen LogP contribution in [-0.4, -0.2) is 77.6 Å². The summed E-state index contributed by atoms with van der Waals surface area (Å²) >= 11 is 0. The second-order valence-corrected chi connectivity index (χ2v) is 14.5. The first-order valence-corrected chi connectivity index (χ1v) is 18.4. The van der Waals surface area contributed by atoms with E-state index in [2.05, 4.69) is 10.6 Å². The van der Waals surface area contributed by atoms with Crippen molar-refractivity contribution in [1.82, 2.24) is 20.0 Å². The van der Waals surface area contributed by atoms with E-state index in [9.17, 15) is 14.4 Å². The van der Waals surface area contributed by atoms with Crippen molar-refractivity contribution in [3.05, 3.63) is 60.2 Å². The van der Waals surface area contributed by atoms with Crippen molar-refractivity contribution in [2.75, 3.05) is 44.8 Å². The Morgan fingerprint density at radius 3 is 2.20 bits per heavy atom. The van der Waals surface area contributed by atoms with Gasteiger partial charge in [-0.2, -0.15) is 5.10 Å². The molecule has 1 fully saturated rings. The number of nitrogens with zero attached hydrogens (tertiary/aromatic N) is 3. The number of hydrogen-bond donors (Lipinski definition) is 3. The summed E-state index contributed by atoms with van der Waals surface area (Å²) in [6.07, 6.45) is 8.23. The zero-order chi connectivity index (χ0) is 36.2. The van der Waals surface area contributed by atoms with Gasteiger partial charge in [0.05, 0.1) is 12.6 Å². The van der Waals surface area contributed by atoms with Crippen LogP contribution in [0.5, 0.6) is 11.5 Å². The van der Waals surface area contributed by atoms with Gasteiger partial charge in [0.2, 0.25) is 5.91 Å². The Morgan fingerprint density at radius 2 is 1.53 bits per heavy atom. The molecular formula is C39H54N6O6. The SMILES string of the molecule is CC(C)(C)NC(=O)OCCCCCCCCOCC(=O)N1CCC([C@@H]2CCNc3c(C(N)=O)c(-c4ccc(Oc5ccccc5)cc4)nn32)CC1. The molecule has 2 aliphatic rings. The van der Waals surface area contributed by atoms with E-state index in [0.29, 0.717) is 55.0 Å². The van der Waals surface area contributed by atoms with Gasteiger partial charge < -0.3 is 35.5 Å². The number of nitrogens with one attached hydrogen (secondary N) is 2. The van der Waals surface area contributed by atoms with E-state index < -0.39 is 5.91 Å². The van der Waals surface area contributed by atoms with Crippen molar-refractivity contribution < 1.29 is 28.6 Å². The third kappa shape index (κ3) is 11.0. The van der Waals surface area contributed by atoms with Crippen LogP contribution >= 0.6 is 0 Å². The van der Waals surface area contributed by atoms with Crippen molar-refractivity contribution in [2.45, 2.75) is 90.1 Å². The van der Waals surface area contributed by atoms with E-state index in [4.69, 9.17) is 25.0 Å². The Kier molecular flexibility index (Phi) is 13.3. The molecule has 1 saturated heterocycles. The zero-order valence-electron chi connectivity index (χ0n) is 30.3. The molecule has 2 aliphatic heterocycles. The zero-order valence-corrected chi connectivity index (χ0v) is 30.3. The normalized spacial score (nSPS) is 16.2. The smallest absolute Gasteiger partial charge is 0.407 e. The first kappa shape index (κ1) is 37.7. The number of anilines is 1. The van der Waals surface area contributed by atoms with Gasteiger partial charge in [0.25, 0.3) is 5.91 Å². The van der Waals surface area contributed by atoms with Crippen LogP contribution in [0, 0.1) is 5.92 Å². The molecule has 3 amide bonds. The number of nitrogens with two attached hydrogens (primary N) is 1. The first-order chi connectivity index (χ1) is 24.6. The number of primary amides is 1. The van der Waals surface area contributed by atoms with E-state index in [-0.39, 0.29) is 30.2 Å². The lowest BCUT2D eigenvalue weighted by atomic mass is 9.87. The minimum absolute atomic E-state index is 0.0343. The molecule has 0 saturated carbocycles. The highest BCUT2D eigenvalue weighted by molar-refractivity contribution is 6.03. The van der Waals surface area contributed by atoms with Gasteiger partial charge in [-0.1, -0.05) is 43.9 Å². The van der Waals surface area contributed by atoms with Gasteiger partial charge in [0, 0.05) is 37.3 Å². The maximum atomic E-state index is 12.9. The minimum atomic E-state index is -0.520. The molecule has 0 unspecified atom stereocenters. The van der Waals surface area contributed by atoms with Gasteiger partial charge in [-0.05, 0) is 95.2 Å². The van der Waals surface area contributed by atoms with Gasteiger partial charge >= 0.3 is 6.09 Å². The number of alkyl carbamates (subject to hydrolysis) is 1. The number of amides is 3. The second kappa shape index (κ2) is 18.1. The van der Waals surface area contributed by atoms with Gasteiger partial charge in [-0.25, -0.2) is 9.48 Å². The molecule has 0 spiro atoms. The number of carbonyl (C=O) groups is 3. The fourth-order valence-corrected chi connectivity index (χ4v) is 6.79. The van der Waals surface area contributed by atoms with E-state index >= 15 is 0 Å². The predicted octanol–water partition coefficient (Wildman–Crippen LogP) is 6.92. The molecule has 1 aromatic heterocycles. The molecule has 51 heavy (non-hydrogen) atoms. The number of aromatic nitrogens is 2. The van der Waals surface area contributed by atoms with Crippen LogP contribution in [-0.2, 0) is 14.3 Å². The number of carbonyl (C=O) groups excluding carboxylic acids is 3. The number of likely N-dealkylation sites (tertiary alicyclic amines) is 1. The molecule has 0 bridgehead atoms. The maximum Gasteiger partial charge on any atom is 0.407 e. The molecule has 0 radical (unpaired) electrons. The highest BCUT2D eigenvalue weighted by atomic mass is 16.5. The summed E-state index contributed by atoms with van der Waals surface area (Å²) < 4.78 is 18.9. The summed E-state index contributed by atoms with van der Waals surface area (Å²) in [7, 11) is 0. The Morgan fingerprint density at radius 1 is 0.882 bits per heavy atom. The van der Waals surface area contributed by atoms with Crippen LogP contribution in [0.25, 0.3) is 11.3 Å². The molecule has 1 atom stereocenters. The lowest BCUT2D eigenvalue weighted by Crippen LogP contribution is -2.43. The van der Waals surface area contributed by atoms with Gasteiger partial charge in [0.1, 0.15) is 35.2 Å². The van der Waals surface area contributed by atoms with E-state index in [1.54, 1.807) is 0 Å². The Bertz CT molecular complexity index is 1580. The maximum absolute atomic E-state index is 12.9. The molecule has 12 heteroatoms. The van der Waals surface area contributed by atoms with Crippen LogP contribution in [0.15, 0.2) is 54.6 Å². The molecule has 4 N–H and O–H groups in total. The van der Waals surface area contributed by atoms with Crippen LogP contribution in [0.1, 0.15) is 95.0 Å². The molecule has 12 nitrogen and oxygen atoms in total. The summed E-state index contributed by atoms with van der Waals surface area (Å²) in [5, 5.41) is 11.1. The largest absolute Gasteiger partial charge is 0.457 e. The fourth-order valence-electron chi connectivity index (χ4n) is 6.79. The van der Waals surface area contributed by atoms with E-state index in [0.717, 1.165) is 75.6 Å². The van der Waals surface area contributed by atoms with Crippen LogP contribution in [0.2, 0.25) is 0 Å². The molecule has 2 aromatic carbocycles. The first-order valence-electron chi connectivity index (χ1n) is 18.4. The molecule has 3 aromatic rings. The highest BCUT2D eigenvalue weighted by Crippen LogP contribution is 2.40. The van der Waals surface area contributed by atoms with Gasteiger partial charge in [0.15, 0.2) is 0 Å². The second-order valence-electron chi connectivity index (χ2n) is 14.5. The van der Waals surface area contributed by atoms with Crippen molar-refractivity contribution >= 4 is 23.7 Å². The number of unbranched alkanes of at least 4 members (excludes halogenated alkanes) is 5. The average molecular weight is 703 g/mol. The molecule has 3 heterocycles. The number of para-hydroxylation sites is 1. The molecular weight excluding hydrogens is 648 g/mol. The monoisotopic (exact) mass is 702 g/mol. The van der Waals surface area contributed by atoms with Gasteiger partial charge in [-0.3, -0.25) is 9.59 Å². The minimum Gasteiger partial charge on any atom is -0.457 e. The van der Waals surface area contributed by atoms with Crippen LogP contribution in [0.3, 0.4) is 0 Å². The number of rotatable bonds is 16. The number of benzene rings is 2. The standard InChI is InChI=1S/C39H54N6O6/c1-39(2,3)42-38(48)50-26-12-7-5-4-6-11-25-49-27-33(46)44-23-20-28(21-24-44)32-19-22-41-37-34(36(40)47)35(43-45(32)37)29-15-17-31(18-16-29)51-30-13-9-8-10-14-30/h8-10,13-18,28,32,41H,4-7,11-12,19-27H2,1-3H3,(H2,40,47)(H,42,48)/t32-/m0/s1. The number of piperidine rings is 1. The van der Waals surface area contributed by atoms with Crippen molar-refractivity contribution in [3.8, 4) is 22.8 Å². The Labute approximate surface area is 301 Å². The van der Waals surface area contributed by atoms with Crippen molar-refractivity contribution in [1.29, 1.82) is 0 Å². The fraction of sp³-hybridized carbons (Fsp3) is 0.538. The van der Waals surface area contributed by atoms with Crippen molar-refractivity contribution in [3.63, 3.8) is 0 Å². The summed E-state index contributed by atoms with van der Waals surface area (Å²) in [4.78, 5) is 39.2. The molecule has 276 valence electrons. The topological polar surface area (TPSA) is 150 Å². The predicted molar refractivity (Wildman–Crippen MR) is 197 cm³/mol. The Balaban J connectivity index is 1.03. The third-order valence-corrected chi connectivity index (χ3v) is 9.37. The van der Waals surface area contributed by atoms with Crippen molar-refractivity contribution in [2.24, 2.45) is 11.7 Å². The van der Waals surface area contributed by atoms with E-state index in [1.165, 1.54) is 0 Å². The Hall–Kier alpha value is -4.58. The molecule has 0 aliphatic carbocycles. The summed E-state index contributed by atoms with van der Waals surface area (Å²) in [5.74, 6) is 1.93. The lowest BCUT2D eigenvalue weighted by Gasteiger charge is -2.38. The lowest BCUT2D eigenvalue weighted by molar-refractivity contribution is -0.137. The number of hydrogen-bond acceptors (Lipinski definition) is 8. The van der Waals surface area contributed by atoms with Crippen LogP contribution in [0.4, 0.5) is 10.6 Å². The van der Waals surface area contributed by atoms with Gasteiger partial charge in [-0.15, -0.1) is 0 Å². The highest BCUT2D eigenvalue weighted by Gasteiger charge is 2.36. The third-order valence-electron chi connectivity index (χ3n) is 9.37. The van der Waals surface area contributed by atoms with E-state index in [1.807, 2.05) is 85.0 Å².